The second kappa shape index (κ2) is 4.88. The van der Waals surface area contributed by atoms with Crippen LogP contribution in [-0.4, -0.2) is 14.6 Å². The summed E-state index contributed by atoms with van der Waals surface area (Å²) < 4.78 is 36.8. The number of aromatic nitrogens is 4. The molecule has 0 bridgehead atoms. The molecule has 0 aliphatic carbocycles. The van der Waals surface area contributed by atoms with E-state index < -0.39 is 10.2 Å². The lowest BCUT2D eigenvalue weighted by Gasteiger charge is -2.17. The largest absolute Gasteiger partial charge is 0.379 e. The summed E-state index contributed by atoms with van der Waals surface area (Å²) in [5.74, 6) is 6.42. The van der Waals surface area contributed by atoms with Crippen LogP contribution < -0.4 is 34.9 Å². The van der Waals surface area contributed by atoms with Crippen molar-refractivity contribution >= 4 is 11.7 Å². The number of nitrogen functional groups attached to an aromatic ring is 2. The Kier molecular flexibility index (Phi) is 3.88. The van der Waals surface area contributed by atoms with Gasteiger partial charge in [-0.2, -0.15) is 0 Å². The minimum atomic E-state index is -4.94. The Balaban J connectivity index is 0.000000280. The number of hydrogen-bond acceptors (Lipinski definition) is 8. The first-order valence-corrected chi connectivity index (χ1v) is 5.74. The molecule has 0 unspecified atom stereocenters. The number of rotatable bonds is 0. The molecule has 100 valence electrons. The molecule has 2 heterocycles. The fraction of sp³-hybridized carbons (Fsp3) is 0.286. The topological polar surface area (TPSA) is 178 Å². The number of hydrogen-bond donors (Lipinski definition) is 2. The second-order valence-electron chi connectivity index (χ2n) is 3.36. The predicted molar refractivity (Wildman–Crippen MR) is 47.2 cm³/mol. The number of nitrogens with zero attached hydrogens (tertiary/aromatic N) is 4. The molecule has 0 spiro atoms. The van der Waals surface area contributed by atoms with Gasteiger partial charge in [0.1, 0.15) is 0 Å². The molecule has 4 N–H and O–H groups in total. The van der Waals surface area contributed by atoms with Gasteiger partial charge in [0.15, 0.2) is 0 Å². The maximum absolute atomic E-state index is 8.49. The average Bonchev–Trinajstić information content (AvgIpc) is 2.43. The van der Waals surface area contributed by atoms with Crippen LogP contribution in [0.3, 0.4) is 0 Å². The molecule has 0 atom stereocenters. The third-order valence-electron chi connectivity index (χ3n) is 1.88. The molecule has 11 heteroatoms. The van der Waals surface area contributed by atoms with E-state index in [0.717, 1.165) is 11.4 Å². The Labute approximate surface area is 103 Å². The highest BCUT2D eigenvalue weighted by molar-refractivity contribution is 5.28. The highest BCUT2D eigenvalue weighted by Gasteiger charge is 2.16. The summed E-state index contributed by atoms with van der Waals surface area (Å²) in [6, 6.07) is 1.92. The first kappa shape index (κ1) is 14.3. The molecule has 0 saturated heterocycles. The molecule has 0 aliphatic heterocycles. The fourth-order valence-corrected chi connectivity index (χ4v) is 1.29. The van der Waals surface area contributed by atoms with Gasteiger partial charge in [-0.1, -0.05) is 0 Å². The van der Waals surface area contributed by atoms with Gasteiger partial charge in [-0.3, -0.25) is 0 Å². The van der Waals surface area contributed by atoms with Crippen LogP contribution in [0.5, 0.6) is 0 Å². The third-order valence-corrected chi connectivity index (χ3v) is 1.88. The van der Waals surface area contributed by atoms with Crippen molar-refractivity contribution in [3.8, 4) is 0 Å². The van der Waals surface area contributed by atoms with Crippen molar-refractivity contribution in [3.05, 3.63) is 17.5 Å². The van der Waals surface area contributed by atoms with Gasteiger partial charge in [-0.05, 0) is 13.8 Å². The zero-order valence-corrected chi connectivity index (χ0v) is 10.3. The van der Waals surface area contributed by atoms with Crippen molar-refractivity contribution in [2.24, 2.45) is 0 Å². The van der Waals surface area contributed by atoms with E-state index in [2.05, 4.69) is 10.1 Å². The van der Waals surface area contributed by atoms with E-state index in [1.807, 2.05) is 19.9 Å². The van der Waals surface area contributed by atoms with Crippen LogP contribution in [0.1, 0.15) is 11.4 Å². The van der Waals surface area contributed by atoms with E-state index in [9.17, 15) is 0 Å². The fourth-order valence-electron chi connectivity index (χ4n) is 1.29. The summed E-state index contributed by atoms with van der Waals surface area (Å²) >= 11 is 0. The molecule has 10 nitrogen and oxygen atoms in total. The SMILES string of the molecule is Cc1cc(C)n2nc(N)[n+](N)c2n1.[O-][Cl+3]([O-])([O-])[O-]. The normalized spacial score (nSPS) is 11.2. The maximum Gasteiger partial charge on any atom is 0.379 e. The summed E-state index contributed by atoms with van der Waals surface area (Å²) in [5.41, 5.74) is 7.39. The summed E-state index contributed by atoms with van der Waals surface area (Å²) in [6.07, 6.45) is 0. The first-order valence-electron chi connectivity index (χ1n) is 4.51. The van der Waals surface area contributed by atoms with Crippen molar-refractivity contribution < 1.29 is 33.6 Å². The smallest absolute Gasteiger partial charge is 0.316 e. The molecule has 18 heavy (non-hydrogen) atoms. The highest BCUT2D eigenvalue weighted by atomic mass is 35.7. The van der Waals surface area contributed by atoms with Crippen LogP contribution in [0.25, 0.3) is 5.78 Å². The molecular formula is C7H11ClN6O4. The van der Waals surface area contributed by atoms with Crippen LogP contribution in [0.4, 0.5) is 5.95 Å². The lowest BCUT2D eigenvalue weighted by molar-refractivity contribution is -2.00. The first-order chi connectivity index (χ1) is 8.09. The van der Waals surface area contributed by atoms with Crippen LogP contribution in [0.15, 0.2) is 6.07 Å². The zero-order valence-electron chi connectivity index (χ0n) is 9.53. The van der Waals surface area contributed by atoms with Crippen LogP contribution in [0, 0.1) is 24.1 Å². The lowest BCUT2D eigenvalue weighted by Crippen LogP contribution is -2.68. The van der Waals surface area contributed by atoms with E-state index in [4.69, 9.17) is 30.2 Å². The molecule has 0 saturated carbocycles. The van der Waals surface area contributed by atoms with Gasteiger partial charge in [0.25, 0.3) is 0 Å². The van der Waals surface area contributed by atoms with Gasteiger partial charge in [-0.15, -0.1) is 24.4 Å². The predicted octanol–water partition coefficient (Wildman–Crippen LogP) is -5.83. The summed E-state index contributed by atoms with van der Waals surface area (Å²) in [6.45, 7) is 3.82. The molecule has 2 aromatic rings. The van der Waals surface area contributed by atoms with Gasteiger partial charge in [0.05, 0.1) is 11.4 Å². The van der Waals surface area contributed by atoms with Gasteiger partial charge in [0.2, 0.25) is 0 Å². The summed E-state index contributed by atoms with van der Waals surface area (Å²) in [5, 5.41) is 4.02. The number of nitrogens with two attached hydrogens (primary N) is 2. The van der Waals surface area contributed by atoms with Gasteiger partial charge in [-0.25, -0.2) is 18.6 Å². The Morgan fingerprint density at radius 1 is 1.28 bits per heavy atom. The Morgan fingerprint density at radius 3 is 2.28 bits per heavy atom. The summed E-state index contributed by atoms with van der Waals surface area (Å²) in [7, 11) is -4.94. The standard InChI is InChI=1S/C7H11N6.ClHO4/c1-4-3-5(2)13-7(10-4)12(9)6(8)11-13;2-1(3,4)5/h3H,9H2,1-2H3,(H2,8,11);(H,2,3,4,5)/q+1;/p-1. The molecular weight excluding hydrogens is 268 g/mol. The Bertz CT molecular complexity index is 559. The van der Waals surface area contributed by atoms with Crippen molar-refractivity contribution in [2.45, 2.75) is 13.8 Å². The second-order valence-corrected chi connectivity index (χ2v) is 4.11. The molecule has 0 aromatic carbocycles. The number of aryl methyl sites for hydroxylation is 2. The molecule has 0 radical (unpaired) electrons. The maximum atomic E-state index is 8.49. The van der Waals surface area contributed by atoms with Gasteiger partial charge >= 0.3 is 11.7 Å². The van der Waals surface area contributed by atoms with Crippen molar-refractivity contribution in [1.29, 1.82) is 0 Å². The van der Waals surface area contributed by atoms with E-state index >= 15 is 0 Å². The van der Waals surface area contributed by atoms with Crippen molar-refractivity contribution in [3.63, 3.8) is 0 Å². The molecule has 2 aromatic heterocycles. The number of fused-ring (bicyclic) bond motifs is 1. The number of anilines is 1. The van der Waals surface area contributed by atoms with Crippen LogP contribution >= 0.6 is 0 Å². The quantitative estimate of drug-likeness (QED) is 0.353. The Hall–Kier alpha value is -1.72. The van der Waals surface area contributed by atoms with E-state index in [1.54, 1.807) is 4.52 Å². The minimum Gasteiger partial charge on any atom is -0.316 e. The van der Waals surface area contributed by atoms with Crippen molar-refractivity contribution in [2.75, 3.05) is 11.6 Å². The Morgan fingerprint density at radius 2 is 1.78 bits per heavy atom. The molecule has 0 fully saturated rings. The molecule has 0 aliphatic rings. The molecule has 0 amide bonds. The lowest BCUT2D eigenvalue weighted by atomic mass is 10.4. The van der Waals surface area contributed by atoms with Gasteiger partial charge < -0.3 is 11.6 Å². The summed E-state index contributed by atoms with van der Waals surface area (Å²) in [4.78, 5) is 4.22. The van der Waals surface area contributed by atoms with Crippen LogP contribution in [-0.2, 0) is 0 Å². The van der Waals surface area contributed by atoms with Crippen LogP contribution in [0.2, 0.25) is 0 Å². The zero-order chi connectivity index (χ0) is 14.1. The highest BCUT2D eigenvalue weighted by Crippen LogP contribution is 2.02. The van der Waals surface area contributed by atoms with Crippen molar-refractivity contribution in [1.82, 2.24) is 14.6 Å². The van der Waals surface area contributed by atoms with E-state index in [-0.39, 0.29) is 5.95 Å². The minimum absolute atomic E-state index is 0.251. The third kappa shape index (κ3) is 3.65. The average molecular weight is 279 g/mol. The van der Waals surface area contributed by atoms with E-state index in [0.29, 0.717) is 5.78 Å². The number of halogens is 1. The monoisotopic (exact) mass is 278 g/mol. The van der Waals surface area contributed by atoms with E-state index in [1.165, 1.54) is 4.68 Å². The molecule has 2 rings (SSSR count). The van der Waals surface area contributed by atoms with Gasteiger partial charge in [0, 0.05) is 11.2 Å².